The van der Waals surface area contributed by atoms with Crippen LogP contribution in [0.5, 0.6) is 0 Å². The molecular formula is C28H28N6. The summed E-state index contributed by atoms with van der Waals surface area (Å²) in [5.74, 6) is 0. The molecule has 0 amide bonds. The van der Waals surface area contributed by atoms with Crippen molar-refractivity contribution in [3.05, 3.63) is 79.3 Å². The van der Waals surface area contributed by atoms with Crippen molar-refractivity contribution in [3.63, 3.8) is 0 Å². The summed E-state index contributed by atoms with van der Waals surface area (Å²) in [4.78, 5) is 7.31. The minimum absolute atomic E-state index is 0.472. The summed E-state index contributed by atoms with van der Waals surface area (Å²) in [6, 6.07) is 21.9. The zero-order valence-corrected chi connectivity index (χ0v) is 19.4. The molecule has 0 radical (unpaired) electrons. The Morgan fingerprint density at radius 3 is 2.32 bits per heavy atom. The van der Waals surface area contributed by atoms with E-state index in [0.717, 1.165) is 57.5 Å². The van der Waals surface area contributed by atoms with Gasteiger partial charge >= 0.3 is 0 Å². The summed E-state index contributed by atoms with van der Waals surface area (Å²) >= 11 is 0. The third kappa shape index (κ3) is 3.38. The van der Waals surface area contributed by atoms with Gasteiger partial charge in [0.05, 0.1) is 6.20 Å². The maximum Gasteiger partial charge on any atom is 0.162 e. The molecular weight excluding hydrogens is 420 g/mol. The standard InChI is InChI=1S/C28H28N6/c1-18-13-30-14-19(2)34(18)22-9-7-20(8-10-22)21-15-31-28-26(16-32-33(28)17-21)24-11-12-27(29)25-6-4-3-5-23(24)25/h3-12,15-19,30H,13-14,29H2,1-2H3/t18-,19+. The molecule has 6 rings (SSSR count). The Bertz CT molecular complexity index is 1480. The van der Waals surface area contributed by atoms with Gasteiger partial charge < -0.3 is 16.0 Å². The van der Waals surface area contributed by atoms with Crippen molar-refractivity contribution in [3.8, 4) is 22.3 Å². The van der Waals surface area contributed by atoms with E-state index in [1.165, 1.54) is 5.69 Å². The SMILES string of the molecule is C[C@@H]1CNC[C@H](C)N1c1ccc(-c2cnc3c(-c4ccc(N)c5ccccc45)cnn3c2)cc1. The maximum atomic E-state index is 6.21. The van der Waals surface area contributed by atoms with Crippen molar-refractivity contribution in [1.82, 2.24) is 19.9 Å². The molecule has 170 valence electrons. The first-order chi connectivity index (χ1) is 16.6. The molecule has 2 atom stereocenters. The summed E-state index contributed by atoms with van der Waals surface area (Å²) in [6.45, 7) is 6.57. The fourth-order valence-electron chi connectivity index (χ4n) is 5.24. The zero-order valence-electron chi connectivity index (χ0n) is 19.4. The van der Waals surface area contributed by atoms with E-state index in [9.17, 15) is 0 Å². The van der Waals surface area contributed by atoms with Crippen LogP contribution in [0.2, 0.25) is 0 Å². The van der Waals surface area contributed by atoms with Crippen molar-refractivity contribution < 1.29 is 0 Å². The van der Waals surface area contributed by atoms with Crippen molar-refractivity contribution >= 4 is 27.8 Å². The minimum atomic E-state index is 0.472. The Morgan fingerprint density at radius 1 is 0.824 bits per heavy atom. The lowest BCUT2D eigenvalue weighted by Crippen LogP contribution is -2.55. The Balaban J connectivity index is 1.35. The molecule has 3 N–H and O–H groups in total. The molecule has 0 bridgehead atoms. The Labute approximate surface area is 199 Å². The van der Waals surface area contributed by atoms with Gasteiger partial charge in [0.25, 0.3) is 0 Å². The van der Waals surface area contributed by atoms with Crippen LogP contribution in [-0.2, 0) is 0 Å². The highest BCUT2D eigenvalue weighted by molar-refractivity contribution is 6.04. The normalized spacial score (nSPS) is 18.6. The molecule has 34 heavy (non-hydrogen) atoms. The van der Waals surface area contributed by atoms with Crippen LogP contribution in [0.15, 0.2) is 79.3 Å². The number of nitrogens with zero attached hydrogens (tertiary/aromatic N) is 4. The predicted octanol–water partition coefficient (Wildman–Crippen LogP) is 4.99. The van der Waals surface area contributed by atoms with Gasteiger partial charge in [0.1, 0.15) is 0 Å². The number of piperazine rings is 1. The third-order valence-electron chi connectivity index (χ3n) is 6.93. The van der Waals surface area contributed by atoms with Crippen LogP contribution in [0.4, 0.5) is 11.4 Å². The van der Waals surface area contributed by atoms with E-state index in [2.05, 4.69) is 77.8 Å². The Hall–Kier alpha value is -3.90. The number of hydrogen-bond acceptors (Lipinski definition) is 5. The number of nitrogens with two attached hydrogens (primary N) is 1. The summed E-state index contributed by atoms with van der Waals surface area (Å²) in [5, 5.41) is 10.3. The van der Waals surface area contributed by atoms with Gasteiger partial charge in [-0.25, -0.2) is 9.50 Å². The van der Waals surface area contributed by atoms with E-state index in [4.69, 9.17) is 10.7 Å². The summed E-state index contributed by atoms with van der Waals surface area (Å²) in [5.41, 5.74) is 13.3. The smallest absolute Gasteiger partial charge is 0.162 e. The molecule has 6 nitrogen and oxygen atoms in total. The van der Waals surface area contributed by atoms with Gasteiger partial charge in [-0.15, -0.1) is 0 Å². The van der Waals surface area contributed by atoms with Gasteiger partial charge in [-0.1, -0.05) is 42.5 Å². The molecule has 0 spiro atoms. The summed E-state index contributed by atoms with van der Waals surface area (Å²) in [7, 11) is 0. The van der Waals surface area contributed by atoms with Gasteiger partial charge in [-0.2, -0.15) is 5.10 Å². The van der Waals surface area contributed by atoms with Crippen molar-refractivity contribution in [2.24, 2.45) is 0 Å². The fourth-order valence-corrected chi connectivity index (χ4v) is 5.24. The highest BCUT2D eigenvalue weighted by Gasteiger charge is 2.24. The first kappa shape index (κ1) is 20.7. The average molecular weight is 449 g/mol. The molecule has 1 fully saturated rings. The van der Waals surface area contributed by atoms with Gasteiger partial charge in [-0.05, 0) is 48.6 Å². The topological polar surface area (TPSA) is 71.5 Å². The second-order valence-corrected chi connectivity index (χ2v) is 9.23. The quantitative estimate of drug-likeness (QED) is 0.381. The molecule has 3 aromatic carbocycles. The molecule has 0 aliphatic carbocycles. The molecule has 0 saturated carbocycles. The van der Waals surface area contributed by atoms with Gasteiger partial charge in [0.2, 0.25) is 0 Å². The number of rotatable bonds is 3. The number of nitrogen functional groups attached to an aromatic ring is 1. The van der Waals surface area contributed by atoms with Crippen molar-refractivity contribution in [2.45, 2.75) is 25.9 Å². The molecule has 0 unspecified atom stereocenters. The maximum absolute atomic E-state index is 6.21. The lowest BCUT2D eigenvalue weighted by atomic mass is 9.99. The predicted molar refractivity (Wildman–Crippen MR) is 140 cm³/mol. The van der Waals surface area contributed by atoms with E-state index in [-0.39, 0.29) is 0 Å². The van der Waals surface area contributed by atoms with Crippen LogP contribution < -0.4 is 16.0 Å². The van der Waals surface area contributed by atoms with E-state index in [0.29, 0.717) is 12.1 Å². The number of fused-ring (bicyclic) bond motifs is 2. The van der Waals surface area contributed by atoms with Crippen LogP contribution in [0.1, 0.15) is 13.8 Å². The van der Waals surface area contributed by atoms with Gasteiger partial charge in [0.15, 0.2) is 5.65 Å². The second-order valence-electron chi connectivity index (χ2n) is 9.23. The molecule has 1 aliphatic rings. The second kappa shape index (κ2) is 8.15. The lowest BCUT2D eigenvalue weighted by Gasteiger charge is -2.41. The van der Waals surface area contributed by atoms with Crippen LogP contribution in [0.25, 0.3) is 38.7 Å². The highest BCUT2D eigenvalue weighted by Crippen LogP contribution is 2.34. The number of anilines is 2. The lowest BCUT2D eigenvalue weighted by molar-refractivity contribution is 0.432. The molecule has 1 saturated heterocycles. The molecule has 2 aromatic heterocycles. The first-order valence-electron chi connectivity index (χ1n) is 11.8. The minimum Gasteiger partial charge on any atom is -0.398 e. The molecule has 1 aliphatic heterocycles. The van der Waals surface area contributed by atoms with Crippen LogP contribution in [0.3, 0.4) is 0 Å². The van der Waals surface area contributed by atoms with E-state index in [1.807, 2.05) is 35.1 Å². The van der Waals surface area contributed by atoms with Crippen LogP contribution >= 0.6 is 0 Å². The third-order valence-corrected chi connectivity index (χ3v) is 6.93. The number of hydrogen-bond donors (Lipinski definition) is 2. The Kier molecular flexibility index (Phi) is 4.96. The Morgan fingerprint density at radius 2 is 1.56 bits per heavy atom. The number of nitrogens with one attached hydrogen (secondary N) is 1. The number of aromatic nitrogens is 3. The molecule has 3 heterocycles. The van der Waals surface area contributed by atoms with Crippen LogP contribution in [0, 0.1) is 0 Å². The van der Waals surface area contributed by atoms with Crippen molar-refractivity contribution in [1.29, 1.82) is 0 Å². The van der Waals surface area contributed by atoms with Crippen LogP contribution in [-0.4, -0.2) is 39.8 Å². The van der Waals surface area contributed by atoms with Crippen molar-refractivity contribution in [2.75, 3.05) is 23.7 Å². The largest absolute Gasteiger partial charge is 0.398 e. The van der Waals surface area contributed by atoms with E-state index in [1.54, 1.807) is 0 Å². The molecule has 5 aromatic rings. The first-order valence-corrected chi connectivity index (χ1v) is 11.8. The fraction of sp³-hybridized carbons (Fsp3) is 0.214. The van der Waals surface area contributed by atoms with E-state index < -0.39 is 0 Å². The van der Waals surface area contributed by atoms with E-state index >= 15 is 0 Å². The average Bonchev–Trinajstić information content (AvgIpc) is 3.28. The number of benzene rings is 3. The highest BCUT2D eigenvalue weighted by atomic mass is 15.2. The monoisotopic (exact) mass is 448 g/mol. The zero-order chi connectivity index (χ0) is 23.2. The van der Waals surface area contributed by atoms with Gasteiger partial charge in [-0.3, -0.25) is 0 Å². The van der Waals surface area contributed by atoms with Gasteiger partial charge in [0, 0.05) is 65.5 Å². The molecule has 6 heteroatoms. The summed E-state index contributed by atoms with van der Waals surface area (Å²) in [6.07, 6.45) is 5.88. The summed E-state index contributed by atoms with van der Waals surface area (Å²) < 4.78 is 1.87.